The number of carbonyl (C=O) groups excluding carboxylic acids is 1. The Hall–Kier alpha value is -1.55. The summed E-state index contributed by atoms with van der Waals surface area (Å²) in [6.07, 6.45) is 4.77. The Bertz CT molecular complexity index is 520. The Labute approximate surface area is 139 Å². The molecule has 23 heavy (non-hydrogen) atoms. The maximum absolute atomic E-state index is 11.3. The van der Waals surface area contributed by atoms with Crippen molar-refractivity contribution in [3.63, 3.8) is 0 Å². The Morgan fingerprint density at radius 3 is 2.43 bits per heavy atom. The van der Waals surface area contributed by atoms with E-state index in [1.165, 1.54) is 37.1 Å². The third-order valence-electron chi connectivity index (χ3n) is 5.24. The predicted octanol–water partition coefficient (Wildman–Crippen LogP) is 2.56. The second kappa shape index (κ2) is 7.35. The molecular weight excluding hydrogens is 286 g/mol. The summed E-state index contributed by atoms with van der Waals surface area (Å²) in [5.41, 5.74) is 2.67. The van der Waals surface area contributed by atoms with E-state index in [2.05, 4.69) is 46.3 Å². The van der Waals surface area contributed by atoms with Crippen LogP contribution in [0, 0.1) is 6.92 Å². The van der Waals surface area contributed by atoms with E-state index < -0.39 is 0 Å². The molecule has 0 spiro atoms. The molecule has 2 aliphatic heterocycles. The molecule has 2 aliphatic rings. The van der Waals surface area contributed by atoms with E-state index >= 15 is 0 Å². The fourth-order valence-electron chi connectivity index (χ4n) is 3.99. The molecular formula is C19H29N3O. The second-order valence-electron chi connectivity index (χ2n) is 7.09. The molecule has 1 N–H and O–H groups in total. The lowest BCUT2D eigenvalue weighted by Crippen LogP contribution is -2.53. The zero-order valence-electron chi connectivity index (χ0n) is 14.4. The van der Waals surface area contributed by atoms with Gasteiger partial charge in [-0.05, 0) is 51.3 Å². The number of aryl methyl sites for hydroxylation is 1. The summed E-state index contributed by atoms with van der Waals surface area (Å²) < 4.78 is 0. The van der Waals surface area contributed by atoms with Gasteiger partial charge in [0.1, 0.15) is 0 Å². The minimum absolute atomic E-state index is 0.103. The van der Waals surface area contributed by atoms with Gasteiger partial charge in [0.15, 0.2) is 0 Å². The van der Waals surface area contributed by atoms with E-state index in [4.69, 9.17) is 0 Å². The number of nitrogens with one attached hydrogen (secondary N) is 1. The van der Waals surface area contributed by atoms with Crippen LogP contribution < -0.4 is 10.2 Å². The van der Waals surface area contributed by atoms with Crippen molar-refractivity contribution in [3.05, 3.63) is 29.8 Å². The van der Waals surface area contributed by atoms with Gasteiger partial charge in [-0.25, -0.2) is 0 Å². The summed E-state index contributed by atoms with van der Waals surface area (Å²) in [5, 5.41) is 3.10. The molecule has 1 unspecified atom stereocenters. The van der Waals surface area contributed by atoms with Crippen molar-refractivity contribution in [2.75, 3.05) is 31.1 Å². The number of hydrogen-bond donors (Lipinski definition) is 1. The normalized spacial score (nSPS) is 23.7. The SMILES string of the molecule is CC(=O)NC1CCCN(C2CCN(c3ccc(C)cc3)CC2)C1. The molecule has 2 saturated heterocycles. The molecule has 1 aromatic rings. The first kappa shape index (κ1) is 16.3. The number of hydrogen-bond acceptors (Lipinski definition) is 3. The zero-order valence-corrected chi connectivity index (χ0v) is 14.4. The molecule has 4 heteroatoms. The van der Waals surface area contributed by atoms with Gasteiger partial charge in [0.05, 0.1) is 0 Å². The summed E-state index contributed by atoms with van der Waals surface area (Å²) in [4.78, 5) is 16.4. The lowest BCUT2D eigenvalue weighted by Gasteiger charge is -2.43. The smallest absolute Gasteiger partial charge is 0.217 e. The topological polar surface area (TPSA) is 35.6 Å². The fourth-order valence-corrected chi connectivity index (χ4v) is 3.99. The number of likely N-dealkylation sites (tertiary alicyclic amines) is 1. The van der Waals surface area contributed by atoms with Gasteiger partial charge in [0.2, 0.25) is 5.91 Å². The van der Waals surface area contributed by atoms with E-state index in [9.17, 15) is 4.79 Å². The lowest BCUT2D eigenvalue weighted by atomic mass is 9.97. The summed E-state index contributed by atoms with van der Waals surface area (Å²) >= 11 is 0. The highest BCUT2D eigenvalue weighted by atomic mass is 16.1. The molecule has 1 atom stereocenters. The van der Waals surface area contributed by atoms with Crippen molar-refractivity contribution in [2.24, 2.45) is 0 Å². The number of piperidine rings is 2. The number of carbonyl (C=O) groups is 1. The maximum atomic E-state index is 11.3. The molecule has 2 fully saturated rings. The van der Waals surface area contributed by atoms with Crippen LogP contribution >= 0.6 is 0 Å². The predicted molar refractivity (Wildman–Crippen MR) is 94.8 cm³/mol. The fraction of sp³-hybridized carbons (Fsp3) is 0.632. The quantitative estimate of drug-likeness (QED) is 0.931. The van der Waals surface area contributed by atoms with Gasteiger partial charge in [0, 0.05) is 44.3 Å². The van der Waals surface area contributed by atoms with E-state index in [1.807, 2.05) is 0 Å². The highest BCUT2D eigenvalue weighted by Crippen LogP contribution is 2.25. The molecule has 0 saturated carbocycles. The Morgan fingerprint density at radius 1 is 1.09 bits per heavy atom. The average Bonchev–Trinajstić information content (AvgIpc) is 2.55. The molecule has 4 nitrogen and oxygen atoms in total. The number of amides is 1. The maximum Gasteiger partial charge on any atom is 0.217 e. The molecule has 0 bridgehead atoms. The van der Waals surface area contributed by atoms with Gasteiger partial charge in [-0.2, -0.15) is 0 Å². The molecule has 126 valence electrons. The average molecular weight is 315 g/mol. The summed E-state index contributed by atoms with van der Waals surface area (Å²) in [6.45, 7) is 8.24. The van der Waals surface area contributed by atoms with Gasteiger partial charge in [-0.1, -0.05) is 17.7 Å². The van der Waals surface area contributed by atoms with Crippen molar-refractivity contribution >= 4 is 11.6 Å². The van der Waals surface area contributed by atoms with Crippen LogP contribution in [-0.2, 0) is 4.79 Å². The minimum Gasteiger partial charge on any atom is -0.371 e. The molecule has 0 radical (unpaired) electrons. The third-order valence-corrected chi connectivity index (χ3v) is 5.24. The molecule has 1 amide bonds. The van der Waals surface area contributed by atoms with Crippen LogP contribution in [-0.4, -0.2) is 49.1 Å². The van der Waals surface area contributed by atoms with Crippen molar-refractivity contribution < 1.29 is 4.79 Å². The monoisotopic (exact) mass is 315 g/mol. The van der Waals surface area contributed by atoms with Crippen LogP contribution in [0.5, 0.6) is 0 Å². The van der Waals surface area contributed by atoms with E-state index in [0.717, 1.165) is 26.1 Å². The third kappa shape index (κ3) is 4.25. The largest absolute Gasteiger partial charge is 0.371 e. The van der Waals surface area contributed by atoms with Crippen LogP contribution in [0.3, 0.4) is 0 Å². The van der Waals surface area contributed by atoms with Gasteiger partial charge in [-0.15, -0.1) is 0 Å². The molecule has 0 aromatic heterocycles. The number of anilines is 1. The second-order valence-corrected chi connectivity index (χ2v) is 7.09. The number of benzene rings is 1. The van der Waals surface area contributed by atoms with E-state index in [-0.39, 0.29) is 5.91 Å². The standard InChI is InChI=1S/C19H29N3O/c1-15-5-7-18(8-6-15)21-12-9-19(10-13-21)22-11-3-4-17(14-22)20-16(2)23/h5-8,17,19H,3-4,9-14H2,1-2H3,(H,20,23). The van der Waals surface area contributed by atoms with E-state index in [0.29, 0.717) is 12.1 Å². The first-order valence-electron chi connectivity index (χ1n) is 8.94. The Morgan fingerprint density at radius 2 is 1.78 bits per heavy atom. The zero-order chi connectivity index (χ0) is 16.2. The molecule has 2 heterocycles. The van der Waals surface area contributed by atoms with Crippen molar-refractivity contribution in [2.45, 2.75) is 51.6 Å². The molecule has 3 rings (SSSR count). The molecule has 1 aromatic carbocycles. The van der Waals surface area contributed by atoms with Crippen LogP contribution in [0.2, 0.25) is 0 Å². The van der Waals surface area contributed by atoms with Gasteiger partial charge >= 0.3 is 0 Å². The van der Waals surface area contributed by atoms with Crippen LogP contribution in [0.25, 0.3) is 0 Å². The van der Waals surface area contributed by atoms with Crippen molar-refractivity contribution in [1.82, 2.24) is 10.2 Å². The van der Waals surface area contributed by atoms with Crippen molar-refractivity contribution in [3.8, 4) is 0 Å². The highest BCUT2D eigenvalue weighted by Gasteiger charge is 2.29. The van der Waals surface area contributed by atoms with E-state index in [1.54, 1.807) is 6.92 Å². The van der Waals surface area contributed by atoms with Crippen molar-refractivity contribution in [1.29, 1.82) is 0 Å². The number of nitrogens with zero attached hydrogens (tertiary/aromatic N) is 2. The van der Waals surface area contributed by atoms with Gasteiger partial charge in [0.25, 0.3) is 0 Å². The lowest BCUT2D eigenvalue weighted by molar-refractivity contribution is -0.120. The minimum atomic E-state index is 0.103. The Kier molecular flexibility index (Phi) is 5.21. The molecule has 0 aliphatic carbocycles. The first-order chi connectivity index (χ1) is 11.1. The summed E-state index contributed by atoms with van der Waals surface area (Å²) in [6, 6.07) is 9.89. The first-order valence-corrected chi connectivity index (χ1v) is 8.94. The summed E-state index contributed by atoms with van der Waals surface area (Å²) in [5.74, 6) is 0.103. The van der Waals surface area contributed by atoms with Gasteiger partial charge in [-0.3, -0.25) is 9.69 Å². The van der Waals surface area contributed by atoms with Gasteiger partial charge < -0.3 is 10.2 Å². The van der Waals surface area contributed by atoms with Crippen LogP contribution in [0.15, 0.2) is 24.3 Å². The summed E-state index contributed by atoms with van der Waals surface area (Å²) in [7, 11) is 0. The van der Waals surface area contributed by atoms with Crippen LogP contribution in [0.1, 0.15) is 38.2 Å². The Balaban J connectivity index is 1.52. The van der Waals surface area contributed by atoms with Crippen LogP contribution in [0.4, 0.5) is 5.69 Å². The number of rotatable bonds is 3. The highest BCUT2D eigenvalue weighted by molar-refractivity contribution is 5.73.